The van der Waals surface area contributed by atoms with Crippen LogP contribution < -0.4 is 15.4 Å². The first-order valence-corrected chi connectivity index (χ1v) is 8.56. The van der Waals surface area contributed by atoms with Gasteiger partial charge >= 0.3 is 5.97 Å². The Labute approximate surface area is 157 Å². The van der Waals surface area contributed by atoms with E-state index in [-0.39, 0.29) is 12.5 Å². The second-order valence-corrected chi connectivity index (χ2v) is 5.84. The van der Waals surface area contributed by atoms with Crippen LogP contribution in [0.25, 0.3) is 0 Å². The standard InChI is InChI=1S/C19H21ClN2O4/c1-3-10-26-17-7-5-4-6-15(17)21-12-18(23)22-16-11-13(19(24)25-2)8-9-14(16)20/h4-9,11,21H,3,10,12H2,1-2H3,(H,22,23). The van der Waals surface area contributed by atoms with Crippen LogP contribution in [0.2, 0.25) is 5.02 Å². The van der Waals surface area contributed by atoms with Crippen molar-refractivity contribution in [2.45, 2.75) is 13.3 Å². The number of halogens is 1. The summed E-state index contributed by atoms with van der Waals surface area (Å²) in [5.41, 5.74) is 1.38. The van der Waals surface area contributed by atoms with Crippen LogP contribution in [0.15, 0.2) is 42.5 Å². The molecule has 138 valence electrons. The van der Waals surface area contributed by atoms with Gasteiger partial charge in [-0.05, 0) is 36.8 Å². The Morgan fingerprint density at radius 3 is 2.62 bits per heavy atom. The van der Waals surface area contributed by atoms with E-state index >= 15 is 0 Å². The van der Waals surface area contributed by atoms with E-state index in [9.17, 15) is 9.59 Å². The van der Waals surface area contributed by atoms with E-state index in [0.717, 1.165) is 12.1 Å². The number of amides is 1. The zero-order chi connectivity index (χ0) is 18.9. The first-order valence-electron chi connectivity index (χ1n) is 8.18. The monoisotopic (exact) mass is 376 g/mol. The van der Waals surface area contributed by atoms with Crippen molar-refractivity contribution in [3.63, 3.8) is 0 Å². The molecule has 2 N–H and O–H groups in total. The molecule has 0 aromatic heterocycles. The average Bonchev–Trinajstić information content (AvgIpc) is 2.66. The number of ether oxygens (including phenoxy) is 2. The molecule has 0 fully saturated rings. The number of methoxy groups -OCH3 is 1. The molecule has 0 unspecified atom stereocenters. The lowest BCUT2D eigenvalue weighted by molar-refractivity contribution is -0.114. The van der Waals surface area contributed by atoms with Gasteiger partial charge in [-0.25, -0.2) is 4.79 Å². The van der Waals surface area contributed by atoms with Crippen molar-refractivity contribution < 1.29 is 19.1 Å². The number of hydrogen-bond acceptors (Lipinski definition) is 5. The predicted molar refractivity (Wildman–Crippen MR) is 102 cm³/mol. The van der Waals surface area contributed by atoms with E-state index in [4.69, 9.17) is 16.3 Å². The minimum atomic E-state index is -0.503. The molecule has 2 aromatic rings. The van der Waals surface area contributed by atoms with Gasteiger partial charge in [-0.1, -0.05) is 30.7 Å². The van der Waals surface area contributed by atoms with Crippen LogP contribution in [0.1, 0.15) is 23.7 Å². The van der Waals surface area contributed by atoms with Gasteiger partial charge in [-0.15, -0.1) is 0 Å². The summed E-state index contributed by atoms with van der Waals surface area (Å²) >= 11 is 6.08. The molecule has 0 radical (unpaired) electrons. The quantitative estimate of drug-likeness (QED) is 0.682. The number of rotatable bonds is 8. The van der Waals surface area contributed by atoms with Crippen LogP contribution in [-0.2, 0) is 9.53 Å². The van der Waals surface area contributed by atoms with Gasteiger partial charge in [0.25, 0.3) is 0 Å². The lowest BCUT2D eigenvalue weighted by Crippen LogP contribution is -2.22. The second kappa shape index (κ2) is 9.68. The van der Waals surface area contributed by atoms with E-state index in [1.165, 1.54) is 25.3 Å². The summed E-state index contributed by atoms with van der Waals surface area (Å²) in [5, 5.41) is 6.05. The zero-order valence-electron chi connectivity index (χ0n) is 14.7. The van der Waals surface area contributed by atoms with Crippen molar-refractivity contribution in [2.75, 3.05) is 30.9 Å². The molecule has 1 amide bonds. The minimum Gasteiger partial charge on any atom is -0.491 e. The highest BCUT2D eigenvalue weighted by atomic mass is 35.5. The van der Waals surface area contributed by atoms with E-state index in [1.807, 2.05) is 31.2 Å². The third kappa shape index (κ3) is 5.39. The van der Waals surface area contributed by atoms with E-state index in [2.05, 4.69) is 15.4 Å². The summed E-state index contributed by atoms with van der Waals surface area (Å²) < 4.78 is 10.3. The molecular formula is C19H21ClN2O4. The molecule has 0 saturated heterocycles. The van der Waals surface area contributed by atoms with Gasteiger partial charge in [0.15, 0.2) is 0 Å². The SMILES string of the molecule is CCCOc1ccccc1NCC(=O)Nc1cc(C(=O)OC)ccc1Cl. The number of carbonyl (C=O) groups excluding carboxylic acids is 2. The summed E-state index contributed by atoms with van der Waals surface area (Å²) in [6.07, 6.45) is 0.893. The lowest BCUT2D eigenvalue weighted by atomic mass is 10.2. The normalized spacial score (nSPS) is 10.1. The largest absolute Gasteiger partial charge is 0.491 e. The molecule has 7 heteroatoms. The summed E-state index contributed by atoms with van der Waals surface area (Å²) in [6.45, 7) is 2.64. The van der Waals surface area contributed by atoms with E-state index < -0.39 is 5.97 Å². The molecule has 0 heterocycles. The molecule has 0 aliphatic carbocycles. The maximum Gasteiger partial charge on any atom is 0.337 e. The lowest BCUT2D eigenvalue weighted by Gasteiger charge is -2.13. The highest BCUT2D eigenvalue weighted by molar-refractivity contribution is 6.33. The van der Waals surface area contributed by atoms with Gasteiger partial charge in [0.1, 0.15) is 5.75 Å². The Morgan fingerprint density at radius 2 is 1.88 bits per heavy atom. The Balaban J connectivity index is 2.01. The average molecular weight is 377 g/mol. The molecule has 0 bridgehead atoms. The maximum absolute atomic E-state index is 12.2. The molecule has 2 aromatic carbocycles. The fourth-order valence-electron chi connectivity index (χ4n) is 2.19. The van der Waals surface area contributed by atoms with Gasteiger partial charge in [0.05, 0.1) is 42.2 Å². The molecule has 6 nitrogen and oxygen atoms in total. The van der Waals surface area contributed by atoms with Crippen LogP contribution in [0.3, 0.4) is 0 Å². The Bertz CT molecular complexity index is 780. The summed E-state index contributed by atoms with van der Waals surface area (Å²) in [4.78, 5) is 23.8. The molecule has 26 heavy (non-hydrogen) atoms. The third-order valence-corrected chi connectivity index (χ3v) is 3.78. The molecule has 0 atom stereocenters. The second-order valence-electron chi connectivity index (χ2n) is 5.43. The van der Waals surface area contributed by atoms with Crippen molar-refractivity contribution in [1.82, 2.24) is 0 Å². The topological polar surface area (TPSA) is 76.7 Å². The van der Waals surface area contributed by atoms with Crippen LogP contribution in [0.4, 0.5) is 11.4 Å². The first kappa shape index (κ1) is 19.6. The molecule has 2 rings (SSSR count). The van der Waals surface area contributed by atoms with Crippen molar-refractivity contribution in [3.05, 3.63) is 53.1 Å². The minimum absolute atomic E-state index is 0.0191. The third-order valence-electron chi connectivity index (χ3n) is 3.45. The van der Waals surface area contributed by atoms with E-state index in [1.54, 1.807) is 0 Å². The van der Waals surface area contributed by atoms with Crippen LogP contribution >= 0.6 is 11.6 Å². The van der Waals surface area contributed by atoms with Crippen molar-refractivity contribution >= 4 is 34.9 Å². The van der Waals surface area contributed by atoms with Crippen molar-refractivity contribution in [3.8, 4) is 5.75 Å². The Morgan fingerprint density at radius 1 is 1.12 bits per heavy atom. The number of benzene rings is 2. The van der Waals surface area contributed by atoms with Gasteiger partial charge in [-0.3, -0.25) is 4.79 Å². The van der Waals surface area contributed by atoms with Crippen molar-refractivity contribution in [2.24, 2.45) is 0 Å². The molecular weight excluding hydrogens is 356 g/mol. The van der Waals surface area contributed by atoms with Gasteiger partial charge in [0.2, 0.25) is 5.91 Å². The smallest absolute Gasteiger partial charge is 0.337 e. The van der Waals surface area contributed by atoms with E-state index in [0.29, 0.717) is 28.6 Å². The summed E-state index contributed by atoms with van der Waals surface area (Å²) in [7, 11) is 1.29. The number of nitrogens with one attached hydrogen (secondary N) is 2. The predicted octanol–water partition coefficient (Wildman–Crippen LogP) is 3.97. The summed E-state index contributed by atoms with van der Waals surface area (Å²) in [6, 6.07) is 11.9. The van der Waals surface area contributed by atoms with Crippen LogP contribution in [0, 0.1) is 0 Å². The number of carbonyl (C=O) groups is 2. The highest BCUT2D eigenvalue weighted by Crippen LogP contribution is 2.25. The fourth-order valence-corrected chi connectivity index (χ4v) is 2.35. The molecule has 0 saturated carbocycles. The van der Waals surface area contributed by atoms with Gasteiger partial charge in [-0.2, -0.15) is 0 Å². The molecule has 0 spiro atoms. The van der Waals surface area contributed by atoms with Gasteiger partial charge < -0.3 is 20.1 Å². The summed E-state index contributed by atoms with van der Waals surface area (Å²) in [5.74, 6) is -0.121. The molecule has 0 aliphatic rings. The van der Waals surface area contributed by atoms with Gasteiger partial charge in [0, 0.05) is 0 Å². The number of para-hydroxylation sites is 2. The number of esters is 1. The Kier molecular flexibility index (Phi) is 7.29. The first-order chi connectivity index (χ1) is 12.5. The van der Waals surface area contributed by atoms with Crippen LogP contribution in [0.5, 0.6) is 5.75 Å². The van der Waals surface area contributed by atoms with Crippen LogP contribution in [-0.4, -0.2) is 32.1 Å². The number of hydrogen-bond donors (Lipinski definition) is 2. The van der Waals surface area contributed by atoms with Crippen molar-refractivity contribution in [1.29, 1.82) is 0 Å². The molecule has 0 aliphatic heterocycles. The Hall–Kier alpha value is -2.73. The maximum atomic E-state index is 12.2. The number of anilines is 2. The highest BCUT2D eigenvalue weighted by Gasteiger charge is 2.12. The zero-order valence-corrected chi connectivity index (χ0v) is 15.4. The fraction of sp³-hybridized carbons (Fsp3) is 0.263.